The molecule has 0 bridgehead atoms. The minimum atomic E-state index is -0.539. The number of rotatable bonds is 1. The maximum Gasteiger partial charge on any atom is 0.243 e. The van der Waals surface area contributed by atoms with Crippen LogP contribution >= 0.6 is 12.6 Å². The van der Waals surface area contributed by atoms with Gasteiger partial charge >= 0.3 is 0 Å². The summed E-state index contributed by atoms with van der Waals surface area (Å²) in [6, 6.07) is 0. The summed E-state index contributed by atoms with van der Waals surface area (Å²) in [5, 5.41) is 9.49. The van der Waals surface area contributed by atoms with Crippen molar-refractivity contribution in [3.05, 3.63) is 21.2 Å². The van der Waals surface area contributed by atoms with E-state index in [1.165, 1.54) is 0 Å². The Morgan fingerprint density at radius 1 is 2.00 bits per heavy atom. The fourth-order valence-electron chi connectivity index (χ4n) is 0.153. The van der Waals surface area contributed by atoms with Crippen molar-refractivity contribution in [1.29, 1.82) is 0 Å². The predicted octanol–water partition coefficient (Wildman–Crippen LogP) is 1.05. The standard InChI is InChI=1S/C3H5NO2S/c1-3(7)2-4(5)6/h2,7H,1H3/b3-2+. The van der Waals surface area contributed by atoms with Crippen molar-refractivity contribution in [2.24, 2.45) is 0 Å². The fourth-order valence-corrected chi connectivity index (χ4v) is 0.247. The zero-order valence-electron chi connectivity index (χ0n) is 3.79. The molecule has 0 saturated heterocycles. The van der Waals surface area contributed by atoms with Gasteiger partial charge in [0.05, 0.1) is 4.92 Å². The maximum atomic E-state index is 9.49. The second-order valence-corrected chi connectivity index (χ2v) is 1.76. The van der Waals surface area contributed by atoms with E-state index < -0.39 is 4.92 Å². The van der Waals surface area contributed by atoms with Gasteiger partial charge in [-0.1, -0.05) is 0 Å². The third kappa shape index (κ3) is 5.49. The van der Waals surface area contributed by atoms with Crippen molar-refractivity contribution in [1.82, 2.24) is 0 Å². The summed E-state index contributed by atoms with van der Waals surface area (Å²) in [4.78, 5) is 9.36. The van der Waals surface area contributed by atoms with Gasteiger partial charge in [-0.25, -0.2) is 0 Å². The summed E-state index contributed by atoms with van der Waals surface area (Å²) in [5.74, 6) is 0. The van der Waals surface area contributed by atoms with Crippen LogP contribution in [0.2, 0.25) is 0 Å². The molecular weight excluding hydrogens is 114 g/mol. The number of hydrogen-bond acceptors (Lipinski definition) is 3. The highest BCUT2D eigenvalue weighted by Gasteiger charge is 1.84. The van der Waals surface area contributed by atoms with Gasteiger partial charge in [0.25, 0.3) is 0 Å². The number of thiol groups is 1. The van der Waals surface area contributed by atoms with Gasteiger partial charge in [-0.2, -0.15) is 0 Å². The summed E-state index contributed by atoms with van der Waals surface area (Å²) in [6.45, 7) is 1.55. The second-order valence-electron chi connectivity index (χ2n) is 1.06. The molecule has 0 aromatic heterocycles. The van der Waals surface area contributed by atoms with E-state index in [1.54, 1.807) is 6.92 Å². The molecule has 0 amide bonds. The van der Waals surface area contributed by atoms with Gasteiger partial charge < -0.3 is 0 Å². The lowest BCUT2D eigenvalue weighted by molar-refractivity contribution is -0.402. The predicted molar refractivity (Wildman–Crippen MR) is 29.7 cm³/mol. The van der Waals surface area contributed by atoms with Gasteiger partial charge in [-0.05, 0) is 6.92 Å². The molecule has 0 atom stereocenters. The van der Waals surface area contributed by atoms with Gasteiger partial charge in [-0.15, -0.1) is 12.6 Å². The van der Waals surface area contributed by atoms with Crippen molar-refractivity contribution in [3.63, 3.8) is 0 Å². The van der Waals surface area contributed by atoms with Crippen molar-refractivity contribution in [3.8, 4) is 0 Å². The Morgan fingerprint density at radius 2 is 2.43 bits per heavy atom. The summed E-state index contributed by atoms with van der Waals surface area (Å²) in [7, 11) is 0. The smallest absolute Gasteiger partial charge is 0.243 e. The highest BCUT2D eigenvalue weighted by Crippen LogP contribution is 1.94. The first kappa shape index (κ1) is 6.49. The summed E-state index contributed by atoms with van der Waals surface area (Å²) in [6.07, 6.45) is 0.836. The molecular formula is C3H5NO2S. The van der Waals surface area contributed by atoms with Crippen molar-refractivity contribution in [2.45, 2.75) is 6.92 Å². The van der Waals surface area contributed by atoms with Crippen molar-refractivity contribution >= 4 is 12.6 Å². The van der Waals surface area contributed by atoms with Crippen LogP contribution < -0.4 is 0 Å². The molecule has 0 rings (SSSR count). The van der Waals surface area contributed by atoms with Crippen LogP contribution in [0.25, 0.3) is 0 Å². The molecule has 0 heterocycles. The molecule has 40 valence electrons. The minimum Gasteiger partial charge on any atom is -0.259 e. The molecule has 0 aliphatic carbocycles. The Hall–Kier alpha value is -0.510. The summed E-state index contributed by atoms with van der Waals surface area (Å²) < 4.78 is 0. The number of nitro groups is 1. The van der Waals surface area contributed by atoms with E-state index in [0.717, 1.165) is 6.20 Å². The Balaban J connectivity index is 3.68. The van der Waals surface area contributed by atoms with Crippen LogP contribution in [-0.4, -0.2) is 4.92 Å². The average Bonchev–Trinajstić information content (AvgIpc) is 1.27. The Kier molecular flexibility index (Phi) is 2.44. The normalized spacial score (nSPS) is 11.4. The highest BCUT2D eigenvalue weighted by atomic mass is 32.1. The topological polar surface area (TPSA) is 43.1 Å². The average molecular weight is 119 g/mol. The molecule has 0 radical (unpaired) electrons. The quantitative estimate of drug-likeness (QED) is 0.318. The molecule has 0 spiro atoms. The number of hydrogen-bond donors (Lipinski definition) is 1. The van der Waals surface area contributed by atoms with E-state index in [9.17, 15) is 10.1 Å². The lowest BCUT2D eigenvalue weighted by atomic mass is 10.7. The van der Waals surface area contributed by atoms with Gasteiger partial charge in [0, 0.05) is 4.91 Å². The minimum absolute atomic E-state index is 0.407. The monoisotopic (exact) mass is 119 g/mol. The summed E-state index contributed by atoms with van der Waals surface area (Å²) >= 11 is 3.66. The first-order valence-corrected chi connectivity index (χ1v) is 2.08. The van der Waals surface area contributed by atoms with Gasteiger partial charge in [-0.3, -0.25) is 10.1 Å². The van der Waals surface area contributed by atoms with Crippen molar-refractivity contribution < 1.29 is 4.92 Å². The Labute approximate surface area is 46.6 Å². The summed E-state index contributed by atoms with van der Waals surface area (Å²) in [5.41, 5.74) is 0. The molecule has 0 aromatic carbocycles. The lowest BCUT2D eigenvalue weighted by Gasteiger charge is -1.77. The van der Waals surface area contributed by atoms with Gasteiger partial charge in [0.1, 0.15) is 0 Å². The molecule has 3 nitrogen and oxygen atoms in total. The van der Waals surface area contributed by atoms with Gasteiger partial charge in [0.15, 0.2) is 0 Å². The van der Waals surface area contributed by atoms with E-state index in [0.29, 0.717) is 4.91 Å². The Bertz CT molecular complexity index is 106. The van der Waals surface area contributed by atoms with Crippen LogP contribution in [-0.2, 0) is 0 Å². The SMILES string of the molecule is C/C(S)=C\[N+](=O)[O-]. The molecule has 0 fully saturated rings. The van der Waals surface area contributed by atoms with E-state index in [1.807, 2.05) is 0 Å². The van der Waals surface area contributed by atoms with E-state index in [-0.39, 0.29) is 0 Å². The van der Waals surface area contributed by atoms with Crippen LogP contribution in [0.3, 0.4) is 0 Å². The molecule has 4 heteroatoms. The molecule has 0 N–H and O–H groups in total. The van der Waals surface area contributed by atoms with Gasteiger partial charge in [0.2, 0.25) is 6.20 Å². The fraction of sp³-hybridized carbons (Fsp3) is 0.333. The first-order valence-electron chi connectivity index (χ1n) is 1.64. The molecule has 0 unspecified atom stereocenters. The Morgan fingerprint density at radius 3 is 2.43 bits per heavy atom. The van der Waals surface area contributed by atoms with Crippen LogP contribution in [0.5, 0.6) is 0 Å². The lowest BCUT2D eigenvalue weighted by Crippen LogP contribution is -1.82. The van der Waals surface area contributed by atoms with E-state index >= 15 is 0 Å². The van der Waals surface area contributed by atoms with Crippen molar-refractivity contribution in [2.75, 3.05) is 0 Å². The van der Waals surface area contributed by atoms with Crippen LogP contribution in [0.1, 0.15) is 6.92 Å². The van der Waals surface area contributed by atoms with Crippen LogP contribution in [0.4, 0.5) is 0 Å². The third-order valence-electron chi connectivity index (χ3n) is 0.292. The molecule has 7 heavy (non-hydrogen) atoms. The van der Waals surface area contributed by atoms with E-state index in [4.69, 9.17) is 0 Å². The van der Waals surface area contributed by atoms with Crippen LogP contribution in [0, 0.1) is 10.1 Å². The number of nitrogens with zero attached hydrogens (tertiary/aromatic N) is 1. The largest absolute Gasteiger partial charge is 0.259 e. The maximum absolute atomic E-state index is 9.49. The molecule has 0 aliphatic rings. The zero-order chi connectivity index (χ0) is 5.86. The third-order valence-corrected chi connectivity index (χ3v) is 0.408. The molecule has 0 aliphatic heterocycles. The molecule has 0 saturated carbocycles. The van der Waals surface area contributed by atoms with E-state index in [2.05, 4.69) is 12.6 Å². The van der Waals surface area contributed by atoms with Crippen LogP contribution in [0.15, 0.2) is 11.1 Å². The molecule has 0 aromatic rings. The zero-order valence-corrected chi connectivity index (χ0v) is 4.68. The first-order chi connectivity index (χ1) is 3.13. The number of allylic oxidation sites excluding steroid dienone is 1. The second kappa shape index (κ2) is 2.63. The highest BCUT2D eigenvalue weighted by molar-refractivity contribution is 7.84.